The fourth-order valence-corrected chi connectivity index (χ4v) is 7.52. The first-order valence-corrected chi connectivity index (χ1v) is 9.05. The maximum atomic E-state index is 2.69. The van der Waals surface area contributed by atoms with Crippen molar-refractivity contribution < 1.29 is 0 Å². The molecule has 4 saturated carbocycles. The van der Waals surface area contributed by atoms with Crippen molar-refractivity contribution in [2.45, 2.75) is 78.6 Å². The number of rotatable bonds is 0. The van der Waals surface area contributed by atoms with Crippen molar-refractivity contribution in [3.8, 4) is 0 Å². The van der Waals surface area contributed by atoms with Gasteiger partial charge in [0.25, 0.3) is 0 Å². The molecule has 0 saturated heterocycles. The zero-order valence-corrected chi connectivity index (χ0v) is 13.3. The first-order chi connectivity index (χ1) is 9.05. The van der Waals surface area contributed by atoms with E-state index in [1.165, 1.54) is 19.3 Å². The van der Waals surface area contributed by atoms with Crippen molar-refractivity contribution in [3.63, 3.8) is 0 Å². The first kappa shape index (κ1) is 12.7. The van der Waals surface area contributed by atoms with E-state index in [1.807, 2.05) is 0 Å². The lowest BCUT2D eigenvalue weighted by molar-refractivity contribution is -0.0798. The van der Waals surface area contributed by atoms with Crippen LogP contribution in [0.1, 0.15) is 78.6 Å². The van der Waals surface area contributed by atoms with Crippen molar-refractivity contribution in [2.24, 2.45) is 40.4 Å². The molecule has 0 aliphatic heterocycles. The zero-order chi connectivity index (χ0) is 13.3. The van der Waals surface area contributed by atoms with Gasteiger partial charge in [0.05, 0.1) is 0 Å². The van der Waals surface area contributed by atoms with Crippen LogP contribution in [0.2, 0.25) is 0 Å². The highest BCUT2D eigenvalue weighted by molar-refractivity contribution is 5.08. The van der Waals surface area contributed by atoms with Crippen LogP contribution in [0.25, 0.3) is 0 Å². The molecule has 4 fully saturated rings. The van der Waals surface area contributed by atoms with Crippen LogP contribution in [0.3, 0.4) is 0 Å². The maximum absolute atomic E-state index is 2.69. The summed E-state index contributed by atoms with van der Waals surface area (Å²) in [5.41, 5.74) is 1.47. The summed E-state index contributed by atoms with van der Waals surface area (Å²) in [6.07, 6.45) is 14.0. The van der Waals surface area contributed by atoms with Crippen LogP contribution in [0.4, 0.5) is 0 Å². The minimum Gasteiger partial charge on any atom is -0.0622 e. The van der Waals surface area contributed by atoms with E-state index in [4.69, 9.17) is 0 Å². The Morgan fingerprint density at radius 3 is 2.42 bits per heavy atom. The molecule has 4 rings (SSSR count). The molecule has 4 aliphatic rings. The van der Waals surface area contributed by atoms with Gasteiger partial charge in [0.15, 0.2) is 0 Å². The van der Waals surface area contributed by atoms with Gasteiger partial charge >= 0.3 is 0 Å². The van der Waals surface area contributed by atoms with Crippen LogP contribution in [-0.2, 0) is 0 Å². The quantitative estimate of drug-likeness (QED) is 0.527. The van der Waals surface area contributed by atoms with Gasteiger partial charge in [-0.2, -0.15) is 0 Å². The highest BCUT2D eigenvalue weighted by atomic mass is 14.6. The summed E-state index contributed by atoms with van der Waals surface area (Å²) < 4.78 is 0. The molecule has 7 atom stereocenters. The van der Waals surface area contributed by atoms with Gasteiger partial charge in [-0.15, -0.1) is 0 Å². The summed E-state index contributed by atoms with van der Waals surface area (Å²) in [6.45, 7) is 7.86. The summed E-state index contributed by atoms with van der Waals surface area (Å²) in [4.78, 5) is 0. The van der Waals surface area contributed by atoms with Gasteiger partial charge in [-0.25, -0.2) is 0 Å². The normalized spacial score (nSPS) is 60.5. The van der Waals surface area contributed by atoms with E-state index in [0.29, 0.717) is 0 Å². The molecule has 0 aromatic heterocycles. The van der Waals surface area contributed by atoms with Crippen molar-refractivity contribution in [2.75, 3.05) is 0 Å². The lowest BCUT2D eigenvalue weighted by Gasteiger charge is -2.57. The minimum absolute atomic E-state index is 0.728. The number of hydrogen-bond donors (Lipinski definition) is 0. The minimum atomic E-state index is 0.728. The molecule has 0 amide bonds. The van der Waals surface area contributed by atoms with E-state index >= 15 is 0 Å². The van der Waals surface area contributed by atoms with Crippen LogP contribution in [0.5, 0.6) is 0 Å². The standard InChI is InChI=1S/C19H32/c1-13-8-12-19(3)15(13)7-6-14-16-5-4-10-18(16,2)11-9-17(14)19/h13-17H,4-12H2,1-3H3/t13-,14-,15+,16-,17-,18-,19-/m0/s1. The number of hydrogen-bond acceptors (Lipinski definition) is 0. The van der Waals surface area contributed by atoms with E-state index in [9.17, 15) is 0 Å². The second-order valence-corrected chi connectivity index (χ2v) is 9.17. The van der Waals surface area contributed by atoms with Crippen LogP contribution < -0.4 is 0 Å². The van der Waals surface area contributed by atoms with Crippen molar-refractivity contribution in [1.82, 2.24) is 0 Å². The maximum Gasteiger partial charge on any atom is -0.0264 e. The van der Waals surface area contributed by atoms with Crippen molar-refractivity contribution in [3.05, 3.63) is 0 Å². The predicted octanol–water partition coefficient (Wildman–Crippen LogP) is 5.67. The molecule has 0 aromatic carbocycles. The van der Waals surface area contributed by atoms with E-state index in [0.717, 1.165) is 40.4 Å². The van der Waals surface area contributed by atoms with E-state index in [2.05, 4.69) is 20.8 Å². The van der Waals surface area contributed by atoms with Gasteiger partial charge in [0.1, 0.15) is 0 Å². The first-order valence-electron chi connectivity index (χ1n) is 9.05. The average molecular weight is 260 g/mol. The second-order valence-electron chi connectivity index (χ2n) is 9.17. The molecule has 0 unspecified atom stereocenters. The molecule has 0 aromatic rings. The molecule has 0 N–H and O–H groups in total. The van der Waals surface area contributed by atoms with Crippen LogP contribution in [0.15, 0.2) is 0 Å². The molecular formula is C19H32. The highest BCUT2D eigenvalue weighted by Crippen LogP contribution is 2.67. The molecule has 0 radical (unpaired) electrons. The van der Waals surface area contributed by atoms with E-state index in [1.54, 1.807) is 38.5 Å². The topological polar surface area (TPSA) is 0 Å². The Kier molecular flexibility index (Phi) is 2.69. The second kappa shape index (κ2) is 4.01. The molecular weight excluding hydrogens is 228 g/mol. The third kappa shape index (κ3) is 1.58. The monoisotopic (exact) mass is 260 g/mol. The Morgan fingerprint density at radius 1 is 0.737 bits per heavy atom. The fourth-order valence-electron chi connectivity index (χ4n) is 7.52. The Morgan fingerprint density at radius 2 is 1.58 bits per heavy atom. The van der Waals surface area contributed by atoms with Gasteiger partial charge < -0.3 is 0 Å². The summed E-state index contributed by atoms with van der Waals surface area (Å²) in [5.74, 6) is 5.38. The van der Waals surface area contributed by atoms with Crippen LogP contribution >= 0.6 is 0 Å². The van der Waals surface area contributed by atoms with Crippen molar-refractivity contribution in [1.29, 1.82) is 0 Å². The summed E-state index contributed by atoms with van der Waals surface area (Å²) in [6, 6.07) is 0. The fraction of sp³-hybridized carbons (Fsp3) is 1.00. The van der Waals surface area contributed by atoms with E-state index in [-0.39, 0.29) is 0 Å². The predicted molar refractivity (Wildman–Crippen MR) is 80.9 cm³/mol. The third-order valence-corrected chi connectivity index (χ3v) is 8.55. The van der Waals surface area contributed by atoms with Gasteiger partial charge in [-0.05, 0) is 91.8 Å². The number of fused-ring (bicyclic) bond motifs is 5. The summed E-state index contributed by atoms with van der Waals surface area (Å²) >= 11 is 0. The smallest absolute Gasteiger partial charge is 0.0264 e. The van der Waals surface area contributed by atoms with Gasteiger partial charge in [0.2, 0.25) is 0 Å². The summed E-state index contributed by atoms with van der Waals surface area (Å²) in [7, 11) is 0. The lowest BCUT2D eigenvalue weighted by Crippen LogP contribution is -2.49. The van der Waals surface area contributed by atoms with Crippen molar-refractivity contribution >= 4 is 0 Å². The Labute approximate surface area is 119 Å². The zero-order valence-electron chi connectivity index (χ0n) is 13.3. The third-order valence-electron chi connectivity index (χ3n) is 8.55. The van der Waals surface area contributed by atoms with Crippen LogP contribution in [0, 0.1) is 40.4 Å². The molecule has 0 bridgehead atoms. The Bertz CT molecular complexity index is 372. The Hall–Kier alpha value is 0. The molecule has 4 aliphatic carbocycles. The Balaban J connectivity index is 1.66. The van der Waals surface area contributed by atoms with Gasteiger partial charge in [-0.1, -0.05) is 27.2 Å². The largest absolute Gasteiger partial charge is 0.0622 e. The molecule has 0 spiro atoms. The molecule has 0 heteroatoms. The van der Waals surface area contributed by atoms with E-state index < -0.39 is 0 Å². The lowest BCUT2D eigenvalue weighted by atomic mass is 9.48. The molecule has 0 nitrogen and oxygen atoms in total. The molecule has 0 heterocycles. The van der Waals surface area contributed by atoms with Gasteiger partial charge in [0, 0.05) is 0 Å². The highest BCUT2D eigenvalue weighted by Gasteiger charge is 2.59. The SMILES string of the molecule is C[C@H]1CC[C@@]2(C)[C@@H]1CC[C@H]1[C@@H]3CCC[C@@]3(C)CC[C@@H]12. The molecule has 108 valence electrons. The van der Waals surface area contributed by atoms with Gasteiger partial charge in [-0.3, -0.25) is 0 Å². The summed E-state index contributed by atoms with van der Waals surface area (Å²) in [5, 5.41) is 0. The molecule has 19 heavy (non-hydrogen) atoms. The average Bonchev–Trinajstić information content (AvgIpc) is 2.90. The van der Waals surface area contributed by atoms with Crippen LogP contribution in [-0.4, -0.2) is 0 Å².